The zero-order valence-electron chi connectivity index (χ0n) is 13.6. The second kappa shape index (κ2) is 6.58. The van der Waals surface area contributed by atoms with Crippen LogP contribution in [0.1, 0.15) is 34.5 Å². The van der Waals surface area contributed by atoms with E-state index in [1.54, 1.807) is 24.7 Å². The summed E-state index contributed by atoms with van der Waals surface area (Å²) in [6.07, 6.45) is 5.34. The number of phenolic OH excluding ortho intramolecular Hbond substituents is 1. The quantitative estimate of drug-likeness (QED) is 0.774. The highest BCUT2D eigenvalue weighted by Crippen LogP contribution is 2.20. The fourth-order valence-electron chi connectivity index (χ4n) is 2.54. The van der Waals surface area contributed by atoms with E-state index in [4.69, 9.17) is 0 Å². The summed E-state index contributed by atoms with van der Waals surface area (Å²) in [6, 6.07) is 12.7. The molecule has 1 aromatic heterocycles. The van der Waals surface area contributed by atoms with Crippen LogP contribution in [0.4, 0.5) is 0 Å². The third-order valence-electron chi connectivity index (χ3n) is 3.94. The van der Waals surface area contributed by atoms with E-state index < -0.39 is 0 Å². The number of aromatic nitrogens is 2. The van der Waals surface area contributed by atoms with Crippen molar-refractivity contribution in [3.05, 3.63) is 77.9 Å². The summed E-state index contributed by atoms with van der Waals surface area (Å²) in [4.78, 5) is 16.4. The number of aromatic hydroxyl groups is 1. The molecule has 3 rings (SSSR count). The third-order valence-corrected chi connectivity index (χ3v) is 3.94. The number of amides is 1. The third kappa shape index (κ3) is 3.30. The average Bonchev–Trinajstić information content (AvgIpc) is 3.11. The van der Waals surface area contributed by atoms with Crippen LogP contribution < -0.4 is 5.32 Å². The van der Waals surface area contributed by atoms with Crippen LogP contribution in [-0.2, 0) is 0 Å². The molecule has 5 nitrogen and oxygen atoms in total. The van der Waals surface area contributed by atoms with Gasteiger partial charge in [0.25, 0.3) is 5.91 Å². The van der Waals surface area contributed by atoms with E-state index in [0.717, 1.165) is 16.8 Å². The standard InChI is InChI=1S/C19H19N3O2/c1-13-3-8-18(23)17(11-13)19(24)21-14(2)15-4-6-16(7-5-15)22-10-9-20-12-22/h3-12,14,23H,1-2H3,(H,21,24)/t14-/m1/s1. The van der Waals surface area contributed by atoms with E-state index in [2.05, 4.69) is 10.3 Å². The van der Waals surface area contributed by atoms with Crippen LogP contribution >= 0.6 is 0 Å². The fourth-order valence-corrected chi connectivity index (χ4v) is 2.54. The Hall–Kier alpha value is -3.08. The molecule has 0 aliphatic rings. The molecule has 1 heterocycles. The summed E-state index contributed by atoms with van der Waals surface area (Å²) in [5.74, 6) is -0.303. The molecular weight excluding hydrogens is 302 g/mol. The van der Waals surface area contributed by atoms with Gasteiger partial charge in [-0.15, -0.1) is 0 Å². The van der Waals surface area contributed by atoms with Crippen LogP contribution in [0.3, 0.4) is 0 Å². The van der Waals surface area contributed by atoms with Gasteiger partial charge >= 0.3 is 0 Å². The summed E-state index contributed by atoms with van der Waals surface area (Å²) in [6.45, 7) is 3.80. The van der Waals surface area contributed by atoms with Gasteiger partial charge in [0.05, 0.1) is 17.9 Å². The molecular formula is C19H19N3O2. The van der Waals surface area contributed by atoms with Gasteiger partial charge in [-0.25, -0.2) is 4.98 Å². The maximum absolute atomic E-state index is 12.4. The molecule has 3 aromatic rings. The molecule has 2 N–H and O–H groups in total. The first-order valence-corrected chi connectivity index (χ1v) is 7.73. The molecule has 1 atom stereocenters. The summed E-state index contributed by atoms with van der Waals surface area (Å²) in [5.41, 5.74) is 3.21. The number of aryl methyl sites for hydroxylation is 1. The summed E-state index contributed by atoms with van der Waals surface area (Å²) in [7, 11) is 0. The molecule has 0 aliphatic heterocycles. The Bertz CT molecular complexity index is 840. The number of nitrogens with one attached hydrogen (secondary N) is 1. The van der Waals surface area contributed by atoms with Gasteiger partial charge in [0.15, 0.2) is 0 Å². The maximum Gasteiger partial charge on any atom is 0.255 e. The molecule has 0 radical (unpaired) electrons. The molecule has 5 heteroatoms. The van der Waals surface area contributed by atoms with E-state index in [9.17, 15) is 9.90 Å². The van der Waals surface area contributed by atoms with Gasteiger partial charge in [-0.3, -0.25) is 4.79 Å². The van der Waals surface area contributed by atoms with E-state index in [1.165, 1.54) is 6.07 Å². The minimum absolute atomic E-state index is 0.0132. The van der Waals surface area contributed by atoms with Crippen molar-refractivity contribution < 1.29 is 9.90 Å². The molecule has 2 aromatic carbocycles. The molecule has 0 bridgehead atoms. The number of phenols is 1. The Morgan fingerprint density at radius 2 is 1.96 bits per heavy atom. The minimum atomic E-state index is -0.289. The second-order valence-corrected chi connectivity index (χ2v) is 5.78. The number of benzene rings is 2. The van der Waals surface area contributed by atoms with Gasteiger partial charge in [-0.2, -0.15) is 0 Å². The van der Waals surface area contributed by atoms with Crippen molar-refractivity contribution in [2.45, 2.75) is 19.9 Å². The molecule has 0 spiro atoms. The Balaban J connectivity index is 1.73. The number of carbonyl (C=O) groups excluding carboxylic acids is 1. The molecule has 122 valence electrons. The summed E-state index contributed by atoms with van der Waals surface area (Å²) in [5, 5.41) is 12.8. The van der Waals surface area contributed by atoms with Crippen molar-refractivity contribution in [1.29, 1.82) is 0 Å². The van der Waals surface area contributed by atoms with Gasteiger partial charge in [0, 0.05) is 18.1 Å². The fraction of sp³-hybridized carbons (Fsp3) is 0.158. The average molecular weight is 321 g/mol. The topological polar surface area (TPSA) is 67.2 Å². The Morgan fingerprint density at radius 3 is 2.62 bits per heavy atom. The number of nitrogens with zero attached hydrogens (tertiary/aromatic N) is 2. The lowest BCUT2D eigenvalue weighted by Gasteiger charge is -2.16. The highest BCUT2D eigenvalue weighted by atomic mass is 16.3. The monoisotopic (exact) mass is 321 g/mol. The van der Waals surface area contributed by atoms with Crippen LogP contribution in [0.2, 0.25) is 0 Å². The van der Waals surface area contributed by atoms with Crippen molar-refractivity contribution >= 4 is 5.91 Å². The van der Waals surface area contributed by atoms with Crippen molar-refractivity contribution in [3.8, 4) is 11.4 Å². The molecule has 1 amide bonds. The Morgan fingerprint density at radius 1 is 1.21 bits per heavy atom. The molecule has 0 aliphatic carbocycles. The normalized spacial score (nSPS) is 11.9. The molecule has 0 unspecified atom stereocenters. The first-order valence-electron chi connectivity index (χ1n) is 7.73. The first-order chi connectivity index (χ1) is 11.5. The van der Waals surface area contributed by atoms with Crippen LogP contribution in [-0.4, -0.2) is 20.6 Å². The molecule has 24 heavy (non-hydrogen) atoms. The Kier molecular flexibility index (Phi) is 4.33. The van der Waals surface area contributed by atoms with Gasteiger partial charge in [0.1, 0.15) is 5.75 Å². The van der Waals surface area contributed by atoms with Crippen LogP contribution in [0.15, 0.2) is 61.2 Å². The minimum Gasteiger partial charge on any atom is -0.507 e. The van der Waals surface area contributed by atoms with Crippen LogP contribution in [0.5, 0.6) is 5.75 Å². The van der Waals surface area contributed by atoms with Gasteiger partial charge < -0.3 is 15.0 Å². The van der Waals surface area contributed by atoms with Crippen LogP contribution in [0.25, 0.3) is 5.69 Å². The number of rotatable bonds is 4. The predicted molar refractivity (Wildman–Crippen MR) is 92.3 cm³/mol. The van der Waals surface area contributed by atoms with Gasteiger partial charge in [-0.1, -0.05) is 23.8 Å². The maximum atomic E-state index is 12.4. The molecule has 0 saturated heterocycles. The Labute approximate surface area is 140 Å². The van der Waals surface area contributed by atoms with Gasteiger partial charge in [-0.05, 0) is 43.7 Å². The van der Waals surface area contributed by atoms with E-state index in [1.807, 2.05) is 48.9 Å². The highest BCUT2D eigenvalue weighted by Gasteiger charge is 2.15. The van der Waals surface area contributed by atoms with E-state index >= 15 is 0 Å². The number of carbonyl (C=O) groups is 1. The summed E-state index contributed by atoms with van der Waals surface area (Å²) < 4.78 is 1.91. The number of imidazole rings is 1. The largest absolute Gasteiger partial charge is 0.507 e. The van der Waals surface area contributed by atoms with Crippen LogP contribution in [0, 0.1) is 6.92 Å². The van der Waals surface area contributed by atoms with Gasteiger partial charge in [0.2, 0.25) is 0 Å². The highest BCUT2D eigenvalue weighted by molar-refractivity contribution is 5.97. The molecule has 0 fully saturated rings. The smallest absolute Gasteiger partial charge is 0.255 e. The number of hydrogen-bond acceptors (Lipinski definition) is 3. The SMILES string of the molecule is Cc1ccc(O)c(C(=O)N[C@H](C)c2ccc(-n3ccnc3)cc2)c1. The van der Waals surface area contributed by atoms with E-state index in [-0.39, 0.29) is 23.3 Å². The van der Waals surface area contributed by atoms with E-state index in [0.29, 0.717) is 0 Å². The number of hydrogen-bond donors (Lipinski definition) is 2. The van der Waals surface area contributed by atoms with Crippen molar-refractivity contribution in [3.63, 3.8) is 0 Å². The summed E-state index contributed by atoms with van der Waals surface area (Å²) >= 11 is 0. The first kappa shape index (κ1) is 15.8. The predicted octanol–water partition coefficient (Wildman–Crippen LogP) is 3.38. The second-order valence-electron chi connectivity index (χ2n) is 5.78. The lowest BCUT2D eigenvalue weighted by Crippen LogP contribution is -2.26. The zero-order chi connectivity index (χ0) is 17.1. The lowest BCUT2D eigenvalue weighted by molar-refractivity contribution is 0.0937. The zero-order valence-corrected chi connectivity index (χ0v) is 13.6. The lowest BCUT2D eigenvalue weighted by atomic mass is 10.1. The van der Waals surface area contributed by atoms with Crippen molar-refractivity contribution in [2.75, 3.05) is 0 Å². The molecule has 0 saturated carbocycles. The van der Waals surface area contributed by atoms with Crippen molar-refractivity contribution in [1.82, 2.24) is 14.9 Å². The van der Waals surface area contributed by atoms with Crippen molar-refractivity contribution in [2.24, 2.45) is 0 Å².